The number of hydrogen-bond donors (Lipinski definition) is 2. The molecule has 0 aliphatic heterocycles. The lowest BCUT2D eigenvalue weighted by atomic mass is 10.0. The summed E-state index contributed by atoms with van der Waals surface area (Å²) in [6.45, 7) is 0. The summed E-state index contributed by atoms with van der Waals surface area (Å²) in [7, 11) is 0. The highest BCUT2D eigenvalue weighted by Crippen LogP contribution is 2.29. The Bertz CT molecular complexity index is 378. The van der Waals surface area contributed by atoms with Crippen LogP contribution in [-0.2, 0) is 0 Å². The van der Waals surface area contributed by atoms with E-state index in [1.165, 1.54) is 0 Å². The summed E-state index contributed by atoms with van der Waals surface area (Å²) in [5, 5.41) is 9.36. The minimum Gasteiger partial charge on any atom is -0.388 e. The van der Waals surface area contributed by atoms with Crippen LogP contribution in [0.5, 0.6) is 0 Å². The number of aliphatic hydroxyl groups is 1. The van der Waals surface area contributed by atoms with E-state index in [4.69, 9.17) is 5.73 Å². The van der Waals surface area contributed by atoms with Gasteiger partial charge < -0.3 is 10.8 Å². The smallest absolute Gasteiger partial charge is 0.388 e. The molecule has 0 saturated carbocycles. The third-order valence-corrected chi connectivity index (χ3v) is 2.23. The molecule has 0 bridgehead atoms. The first kappa shape index (κ1) is 17.1. The van der Waals surface area contributed by atoms with E-state index in [1.807, 2.05) is 0 Å². The van der Waals surface area contributed by atoms with Gasteiger partial charge in [0.15, 0.2) is 0 Å². The van der Waals surface area contributed by atoms with Gasteiger partial charge in [-0.2, -0.15) is 13.2 Å². The summed E-state index contributed by atoms with van der Waals surface area (Å²) in [6.07, 6.45) is -7.66. The van der Waals surface area contributed by atoms with Crippen molar-refractivity contribution in [2.45, 2.75) is 24.7 Å². The van der Waals surface area contributed by atoms with E-state index in [2.05, 4.69) is 0 Å². The highest BCUT2D eigenvalue weighted by molar-refractivity contribution is 5.85. The molecule has 1 aromatic carbocycles. The maximum atomic E-state index is 13.1. The molecular weight excluding hydrogens is 281 g/mol. The Morgan fingerprint density at radius 2 is 1.61 bits per heavy atom. The van der Waals surface area contributed by atoms with Gasteiger partial charge in [-0.05, 0) is 12.1 Å². The van der Waals surface area contributed by atoms with Gasteiger partial charge in [0.2, 0.25) is 0 Å². The average molecular weight is 292 g/mol. The van der Waals surface area contributed by atoms with Crippen LogP contribution in [0.2, 0.25) is 0 Å². The molecule has 2 atom stereocenters. The molecule has 18 heavy (non-hydrogen) atoms. The molecule has 1 aromatic rings. The standard InChI is InChI=1S/C10H10F5NO.ClH/c11-5-2-1-3-6(12)9(5)7(17)4-8(16)10(13,14)15;/h1-3,7-8,17H,4,16H2;1H/t7-,8-;/m0./s1. The Kier molecular flexibility index (Phi) is 5.98. The Hall–Kier alpha value is -0.920. The zero-order chi connectivity index (χ0) is 13.2. The summed E-state index contributed by atoms with van der Waals surface area (Å²) < 4.78 is 62.6. The molecule has 0 amide bonds. The summed E-state index contributed by atoms with van der Waals surface area (Å²) in [5.41, 5.74) is 3.96. The molecule has 3 N–H and O–H groups in total. The van der Waals surface area contributed by atoms with Crippen molar-refractivity contribution in [2.75, 3.05) is 0 Å². The normalized spacial score (nSPS) is 14.8. The van der Waals surface area contributed by atoms with Gasteiger partial charge in [-0.3, -0.25) is 0 Å². The van der Waals surface area contributed by atoms with Crippen molar-refractivity contribution in [2.24, 2.45) is 5.73 Å². The van der Waals surface area contributed by atoms with E-state index in [1.54, 1.807) is 0 Å². The minimum absolute atomic E-state index is 0. The van der Waals surface area contributed by atoms with Crippen molar-refractivity contribution in [1.82, 2.24) is 0 Å². The van der Waals surface area contributed by atoms with Gasteiger partial charge >= 0.3 is 6.18 Å². The summed E-state index contributed by atoms with van der Waals surface area (Å²) in [6, 6.07) is 0.406. The van der Waals surface area contributed by atoms with Gasteiger partial charge in [-0.1, -0.05) is 6.07 Å². The van der Waals surface area contributed by atoms with Gasteiger partial charge in [0.05, 0.1) is 11.7 Å². The predicted octanol–water partition coefficient (Wildman–Crippen LogP) is 2.70. The molecule has 0 fully saturated rings. The third-order valence-electron chi connectivity index (χ3n) is 2.23. The Morgan fingerprint density at radius 3 is 2.00 bits per heavy atom. The van der Waals surface area contributed by atoms with Crippen LogP contribution in [0.3, 0.4) is 0 Å². The zero-order valence-corrected chi connectivity index (χ0v) is 9.73. The van der Waals surface area contributed by atoms with E-state index in [0.717, 1.165) is 18.2 Å². The number of benzene rings is 1. The van der Waals surface area contributed by atoms with Crippen molar-refractivity contribution < 1.29 is 27.1 Å². The van der Waals surface area contributed by atoms with Gasteiger partial charge in [0.1, 0.15) is 17.7 Å². The first-order valence-electron chi connectivity index (χ1n) is 4.67. The van der Waals surface area contributed by atoms with Crippen LogP contribution in [0.25, 0.3) is 0 Å². The van der Waals surface area contributed by atoms with E-state index >= 15 is 0 Å². The molecule has 0 aromatic heterocycles. The number of halogens is 6. The second kappa shape index (κ2) is 6.31. The fourth-order valence-electron chi connectivity index (χ4n) is 1.32. The minimum atomic E-state index is -4.72. The summed E-state index contributed by atoms with van der Waals surface area (Å²) >= 11 is 0. The topological polar surface area (TPSA) is 46.2 Å². The maximum absolute atomic E-state index is 13.1. The molecule has 0 saturated heterocycles. The summed E-state index contributed by atoms with van der Waals surface area (Å²) in [5.74, 6) is -2.21. The molecule has 0 radical (unpaired) electrons. The van der Waals surface area contributed by atoms with Gasteiger partial charge in [-0.25, -0.2) is 8.78 Å². The van der Waals surface area contributed by atoms with Gasteiger partial charge in [-0.15, -0.1) is 12.4 Å². The van der Waals surface area contributed by atoms with Crippen LogP contribution in [0.4, 0.5) is 22.0 Å². The molecular formula is C10H11ClF5NO. The predicted molar refractivity (Wildman–Crippen MR) is 57.2 cm³/mol. The van der Waals surface area contributed by atoms with Crippen molar-refractivity contribution >= 4 is 12.4 Å². The molecule has 8 heteroatoms. The van der Waals surface area contributed by atoms with Crippen LogP contribution in [-0.4, -0.2) is 17.3 Å². The molecule has 0 heterocycles. The maximum Gasteiger partial charge on any atom is 0.403 e. The van der Waals surface area contributed by atoms with Crippen LogP contribution < -0.4 is 5.73 Å². The van der Waals surface area contributed by atoms with E-state index in [-0.39, 0.29) is 12.4 Å². The lowest BCUT2D eigenvalue weighted by molar-refractivity contribution is -0.154. The molecule has 2 nitrogen and oxygen atoms in total. The summed E-state index contributed by atoms with van der Waals surface area (Å²) in [4.78, 5) is 0. The van der Waals surface area contributed by atoms with E-state index in [9.17, 15) is 27.1 Å². The number of aliphatic hydroxyl groups excluding tert-OH is 1. The molecule has 0 spiro atoms. The van der Waals surface area contributed by atoms with E-state index < -0.39 is 41.9 Å². The van der Waals surface area contributed by atoms with Gasteiger partial charge in [0, 0.05) is 6.42 Å². The fourth-order valence-corrected chi connectivity index (χ4v) is 1.32. The number of rotatable bonds is 3. The van der Waals surface area contributed by atoms with Crippen LogP contribution in [0.15, 0.2) is 18.2 Å². The molecule has 1 rings (SSSR count). The lowest BCUT2D eigenvalue weighted by Gasteiger charge is -2.19. The molecule has 0 unspecified atom stereocenters. The van der Waals surface area contributed by atoms with Crippen LogP contribution in [0, 0.1) is 11.6 Å². The third kappa shape index (κ3) is 4.08. The molecule has 0 aliphatic rings. The average Bonchev–Trinajstić information content (AvgIpc) is 2.15. The lowest BCUT2D eigenvalue weighted by Crippen LogP contribution is -2.38. The monoisotopic (exact) mass is 291 g/mol. The van der Waals surface area contributed by atoms with Crippen molar-refractivity contribution in [3.8, 4) is 0 Å². The highest BCUT2D eigenvalue weighted by Gasteiger charge is 2.38. The quantitative estimate of drug-likeness (QED) is 0.841. The number of hydrogen-bond acceptors (Lipinski definition) is 2. The number of nitrogens with two attached hydrogens (primary N) is 1. The van der Waals surface area contributed by atoms with Gasteiger partial charge in [0.25, 0.3) is 0 Å². The second-order valence-electron chi connectivity index (χ2n) is 3.53. The molecule has 0 aliphatic carbocycles. The van der Waals surface area contributed by atoms with E-state index in [0.29, 0.717) is 0 Å². The molecule has 104 valence electrons. The van der Waals surface area contributed by atoms with Crippen molar-refractivity contribution in [1.29, 1.82) is 0 Å². The Morgan fingerprint density at radius 1 is 1.17 bits per heavy atom. The Labute approximate surface area is 106 Å². The van der Waals surface area contributed by atoms with Crippen molar-refractivity contribution in [3.63, 3.8) is 0 Å². The van der Waals surface area contributed by atoms with Crippen molar-refractivity contribution in [3.05, 3.63) is 35.4 Å². The fraction of sp³-hybridized carbons (Fsp3) is 0.400. The second-order valence-corrected chi connectivity index (χ2v) is 3.53. The SMILES string of the molecule is Cl.N[C@@H](C[C@H](O)c1c(F)cccc1F)C(F)(F)F. The van der Waals surface area contributed by atoms with Crippen LogP contribution in [0.1, 0.15) is 18.1 Å². The first-order valence-corrected chi connectivity index (χ1v) is 4.67. The number of alkyl halides is 3. The first-order chi connectivity index (χ1) is 7.73. The highest BCUT2D eigenvalue weighted by atomic mass is 35.5. The Balaban J connectivity index is 0.00000289. The largest absolute Gasteiger partial charge is 0.403 e. The van der Waals surface area contributed by atoms with Crippen LogP contribution >= 0.6 is 12.4 Å². The zero-order valence-electron chi connectivity index (χ0n) is 8.92.